The van der Waals surface area contributed by atoms with Crippen molar-refractivity contribution in [2.24, 2.45) is 10.4 Å². The number of aliphatic imine (C=N–C) groups is 1. The Morgan fingerprint density at radius 2 is 1.88 bits per heavy atom. The molecule has 3 amide bonds. The van der Waals surface area contributed by atoms with Crippen molar-refractivity contribution in [2.45, 2.75) is 46.1 Å². The average molecular weight is 567 g/mol. The summed E-state index contributed by atoms with van der Waals surface area (Å²) in [6.45, 7) is 5.51. The van der Waals surface area contributed by atoms with Gasteiger partial charge < -0.3 is 20.9 Å². The zero-order valence-corrected chi connectivity index (χ0v) is 24.3. The van der Waals surface area contributed by atoms with Gasteiger partial charge in [-0.25, -0.2) is 0 Å². The Labute approximate surface area is 248 Å². The number of aryl methyl sites for hydroxylation is 1. The number of rotatable bonds is 12. The Hall–Kier alpha value is -4.73. The van der Waals surface area contributed by atoms with Gasteiger partial charge in [0.1, 0.15) is 13.2 Å². The van der Waals surface area contributed by atoms with Crippen molar-refractivity contribution in [1.82, 2.24) is 15.5 Å². The lowest BCUT2D eigenvalue weighted by atomic mass is 9.79. The van der Waals surface area contributed by atoms with Gasteiger partial charge in [-0.15, -0.1) is 6.42 Å². The highest BCUT2D eigenvalue weighted by Crippen LogP contribution is 2.31. The van der Waals surface area contributed by atoms with Gasteiger partial charge in [0.05, 0.1) is 18.1 Å². The number of anilines is 1. The summed E-state index contributed by atoms with van der Waals surface area (Å²) in [5, 5.41) is 18.5. The number of hydrogen-bond donors (Lipinski definition) is 3. The Morgan fingerprint density at radius 1 is 1.12 bits per heavy atom. The number of nitrogens with one attached hydrogen (secondary N) is 3. The van der Waals surface area contributed by atoms with Crippen molar-refractivity contribution >= 4 is 29.6 Å². The van der Waals surface area contributed by atoms with Crippen LogP contribution in [0.2, 0.25) is 0 Å². The van der Waals surface area contributed by atoms with Crippen LogP contribution in [0.15, 0.2) is 59.6 Å². The van der Waals surface area contributed by atoms with Crippen molar-refractivity contribution in [1.29, 1.82) is 5.26 Å². The molecule has 0 saturated carbocycles. The maximum absolute atomic E-state index is 13.8. The van der Waals surface area contributed by atoms with E-state index in [1.165, 1.54) is 12.3 Å². The number of benzene rings is 2. The monoisotopic (exact) mass is 566 g/mol. The minimum atomic E-state index is -0.599. The first-order chi connectivity index (χ1) is 20.3. The molecule has 2 aromatic carbocycles. The zero-order chi connectivity index (χ0) is 30.4. The molecule has 0 radical (unpaired) electrons. The summed E-state index contributed by atoms with van der Waals surface area (Å²) in [5.74, 6) is 1.69. The molecular weight excluding hydrogens is 528 g/mol. The van der Waals surface area contributed by atoms with Crippen LogP contribution in [-0.2, 0) is 33.8 Å². The van der Waals surface area contributed by atoms with E-state index in [1.807, 2.05) is 32.0 Å². The molecule has 0 aliphatic carbocycles. The largest absolute Gasteiger partial charge is 0.337 e. The first-order valence-corrected chi connectivity index (χ1v) is 14.1. The Bertz CT molecular complexity index is 1410. The molecule has 1 fully saturated rings. The molecule has 3 rings (SSSR count). The van der Waals surface area contributed by atoms with Crippen molar-refractivity contribution in [3.05, 3.63) is 76.9 Å². The summed E-state index contributed by atoms with van der Waals surface area (Å²) in [7, 11) is 0. The van der Waals surface area contributed by atoms with Gasteiger partial charge in [-0.05, 0) is 79.4 Å². The van der Waals surface area contributed by atoms with Gasteiger partial charge in [0.2, 0.25) is 17.7 Å². The van der Waals surface area contributed by atoms with Gasteiger partial charge in [-0.1, -0.05) is 44.0 Å². The number of terminal acetylenes is 1. The fourth-order valence-corrected chi connectivity index (χ4v) is 4.91. The van der Waals surface area contributed by atoms with Crippen molar-refractivity contribution in [3.8, 4) is 18.4 Å². The van der Waals surface area contributed by atoms with E-state index in [4.69, 9.17) is 6.42 Å². The second kappa shape index (κ2) is 15.9. The van der Waals surface area contributed by atoms with Crippen molar-refractivity contribution in [2.75, 3.05) is 31.6 Å². The fraction of sp³-hybridized carbons (Fsp3) is 0.364. The molecule has 3 N–H and O–H groups in total. The van der Waals surface area contributed by atoms with E-state index in [-0.39, 0.29) is 43.9 Å². The van der Waals surface area contributed by atoms with Gasteiger partial charge in [-0.3, -0.25) is 19.4 Å². The lowest BCUT2D eigenvalue weighted by Crippen LogP contribution is -2.49. The summed E-state index contributed by atoms with van der Waals surface area (Å²) in [5.41, 5.74) is 2.89. The SMILES string of the molecule is C#C/C=C\C=N/CNC(=O)Cc1cc(NC(=O)CN(Cc2ccccc2C#N)C(=O)C2(C)CCNCC2)ccc1CC. The summed E-state index contributed by atoms with van der Waals surface area (Å²) in [6, 6.07) is 14.8. The molecule has 1 aliphatic rings. The fourth-order valence-electron chi connectivity index (χ4n) is 4.91. The molecule has 1 aliphatic heterocycles. The van der Waals surface area contributed by atoms with Crippen LogP contribution in [0.1, 0.15) is 48.9 Å². The highest BCUT2D eigenvalue weighted by atomic mass is 16.2. The number of piperidine rings is 1. The third kappa shape index (κ3) is 9.15. The van der Waals surface area contributed by atoms with Gasteiger partial charge in [0.15, 0.2) is 0 Å². The highest BCUT2D eigenvalue weighted by molar-refractivity contribution is 5.95. The molecule has 0 bridgehead atoms. The number of carbonyl (C=O) groups is 3. The quantitative estimate of drug-likeness (QED) is 0.268. The lowest BCUT2D eigenvalue weighted by Gasteiger charge is -2.37. The summed E-state index contributed by atoms with van der Waals surface area (Å²) < 4.78 is 0. The van der Waals surface area contributed by atoms with Gasteiger partial charge in [-0.2, -0.15) is 5.26 Å². The number of amides is 3. The minimum absolute atomic E-state index is 0.108. The third-order valence-corrected chi connectivity index (χ3v) is 7.32. The van der Waals surface area contributed by atoms with Crippen LogP contribution in [0.5, 0.6) is 0 Å². The molecule has 0 atom stereocenters. The first-order valence-electron chi connectivity index (χ1n) is 14.1. The van der Waals surface area contributed by atoms with Crippen molar-refractivity contribution in [3.63, 3.8) is 0 Å². The van der Waals surface area contributed by atoms with Gasteiger partial charge in [0, 0.05) is 23.9 Å². The van der Waals surface area contributed by atoms with Crippen LogP contribution in [0, 0.1) is 29.1 Å². The summed E-state index contributed by atoms with van der Waals surface area (Å²) in [4.78, 5) is 45.2. The molecule has 0 spiro atoms. The van der Waals surface area contributed by atoms with E-state index in [9.17, 15) is 19.6 Å². The topological polar surface area (TPSA) is 127 Å². The Morgan fingerprint density at radius 3 is 2.60 bits per heavy atom. The predicted octanol–water partition coefficient (Wildman–Crippen LogP) is 3.35. The van der Waals surface area contributed by atoms with E-state index in [0.29, 0.717) is 29.7 Å². The Balaban J connectivity index is 1.73. The van der Waals surface area contributed by atoms with E-state index in [2.05, 4.69) is 32.9 Å². The standard InChI is InChI=1S/C33H38N6O3/c1-4-6-9-16-36-24-37-30(40)20-28-19-29(13-12-25(28)5-2)38-31(41)23-39(22-27-11-8-7-10-26(27)21-34)32(42)33(3)14-17-35-18-15-33/h1,6-13,16,19,35H,5,14-15,17-18,20,22-24H2,2-3H3,(H,37,40)(H,38,41)/b9-6-,36-16-. The summed E-state index contributed by atoms with van der Waals surface area (Å²) >= 11 is 0. The second-order valence-corrected chi connectivity index (χ2v) is 10.4. The summed E-state index contributed by atoms with van der Waals surface area (Å²) in [6.07, 6.45) is 12.0. The Kier molecular flexibility index (Phi) is 12.0. The van der Waals surface area contributed by atoms with Crippen LogP contribution in [0.4, 0.5) is 5.69 Å². The average Bonchev–Trinajstić information content (AvgIpc) is 2.99. The normalized spacial score (nSPS) is 14.2. The van der Waals surface area contributed by atoms with Crippen LogP contribution in [0.3, 0.4) is 0 Å². The van der Waals surface area contributed by atoms with Gasteiger partial charge in [0.25, 0.3) is 0 Å². The molecular formula is C33H38N6O3. The maximum atomic E-state index is 13.8. The molecule has 218 valence electrons. The minimum Gasteiger partial charge on any atom is -0.337 e. The highest BCUT2D eigenvalue weighted by Gasteiger charge is 2.38. The maximum Gasteiger partial charge on any atom is 0.244 e. The molecule has 42 heavy (non-hydrogen) atoms. The van der Waals surface area contributed by atoms with E-state index in [1.54, 1.807) is 35.2 Å². The lowest BCUT2D eigenvalue weighted by molar-refractivity contribution is -0.145. The van der Waals surface area contributed by atoms with Crippen LogP contribution in [-0.4, -0.2) is 55.1 Å². The second-order valence-electron chi connectivity index (χ2n) is 10.4. The number of carbonyl (C=O) groups excluding carboxylic acids is 3. The van der Waals surface area contributed by atoms with Crippen LogP contribution < -0.4 is 16.0 Å². The van der Waals surface area contributed by atoms with Gasteiger partial charge >= 0.3 is 0 Å². The van der Waals surface area contributed by atoms with Crippen molar-refractivity contribution < 1.29 is 14.4 Å². The third-order valence-electron chi connectivity index (χ3n) is 7.32. The smallest absolute Gasteiger partial charge is 0.244 e. The predicted molar refractivity (Wildman–Crippen MR) is 164 cm³/mol. The number of hydrogen-bond acceptors (Lipinski definition) is 6. The zero-order valence-electron chi connectivity index (χ0n) is 24.3. The number of nitriles is 1. The first kappa shape index (κ1) is 31.8. The molecule has 2 aromatic rings. The molecule has 0 unspecified atom stereocenters. The van der Waals surface area contributed by atoms with E-state index in [0.717, 1.165) is 30.6 Å². The number of nitrogens with zero attached hydrogens (tertiary/aromatic N) is 3. The molecule has 0 aromatic heterocycles. The van der Waals surface area contributed by atoms with E-state index < -0.39 is 5.41 Å². The van der Waals surface area contributed by atoms with Crippen LogP contribution >= 0.6 is 0 Å². The van der Waals surface area contributed by atoms with E-state index >= 15 is 0 Å². The molecule has 9 nitrogen and oxygen atoms in total. The molecule has 1 heterocycles. The molecule has 1 saturated heterocycles. The number of allylic oxidation sites excluding steroid dienone is 2. The van der Waals surface area contributed by atoms with Crippen LogP contribution in [0.25, 0.3) is 0 Å². The molecule has 9 heteroatoms.